The first-order valence-corrected chi connectivity index (χ1v) is 6.17. The van der Waals surface area contributed by atoms with E-state index in [-0.39, 0.29) is 11.8 Å². The molecule has 0 saturated carbocycles. The molecule has 1 aromatic rings. The quantitative estimate of drug-likeness (QED) is 0.791. The Kier molecular flexibility index (Phi) is 5.70. The molecule has 0 heterocycles. The Hall–Kier alpha value is -1.35. The van der Waals surface area contributed by atoms with Gasteiger partial charge >= 0.3 is 0 Å². The molecule has 0 saturated heterocycles. The molecular formula is C14H22N2O. The van der Waals surface area contributed by atoms with Crippen LogP contribution in [0.3, 0.4) is 0 Å². The Bertz CT molecular complexity index is 346. The number of carbonyl (C=O) groups excluding carboxylic acids is 1. The van der Waals surface area contributed by atoms with Gasteiger partial charge in [-0.15, -0.1) is 0 Å². The molecule has 3 nitrogen and oxygen atoms in total. The van der Waals surface area contributed by atoms with E-state index >= 15 is 0 Å². The molecule has 1 aromatic carbocycles. The molecule has 94 valence electrons. The van der Waals surface area contributed by atoms with E-state index in [9.17, 15) is 4.79 Å². The lowest BCUT2D eigenvalue weighted by molar-refractivity contribution is -0.124. The molecular weight excluding hydrogens is 212 g/mol. The van der Waals surface area contributed by atoms with Gasteiger partial charge in [-0.3, -0.25) is 4.79 Å². The number of hydrogen-bond donors (Lipinski definition) is 2. The lowest BCUT2D eigenvalue weighted by Gasteiger charge is -2.11. The van der Waals surface area contributed by atoms with Gasteiger partial charge in [0.05, 0.1) is 0 Å². The molecule has 0 aliphatic heterocycles. The fourth-order valence-electron chi connectivity index (χ4n) is 1.62. The van der Waals surface area contributed by atoms with Crippen molar-refractivity contribution in [1.29, 1.82) is 0 Å². The van der Waals surface area contributed by atoms with Crippen LogP contribution < -0.4 is 11.1 Å². The van der Waals surface area contributed by atoms with Crippen LogP contribution in [0.4, 0.5) is 0 Å². The Balaban J connectivity index is 2.34. The Labute approximate surface area is 103 Å². The van der Waals surface area contributed by atoms with E-state index in [0.29, 0.717) is 13.1 Å². The van der Waals surface area contributed by atoms with Crippen molar-refractivity contribution in [2.24, 2.45) is 11.7 Å². The molecule has 3 heteroatoms. The van der Waals surface area contributed by atoms with Crippen LogP contribution in [0.5, 0.6) is 0 Å². The number of aryl methyl sites for hydroxylation is 1. The molecule has 17 heavy (non-hydrogen) atoms. The smallest absolute Gasteiger partial charge is 0.223 e. The van der Waals surface area contributed by atoms with Gasteiger partial charge in [-0.05, 0) is 31.9 Å². The highest BCUT2D eigenvalue weighted by Gasteiger charge is 2.11. The Morgan fingerprint density at radius 1 is 1.35 bits per heavy atom. The number of hydrogen-bond acceptors (Lipinski definition) is 2. The van der Waals surface area contributed by atoms with Crippen LogP contribution in [0, 0.1) is 12.8 Å². The van der Waals surface area contributed by atoms with Gasteiger partial charge in [0.1, 0.15) is 0 Å². The largest absolute Gasteiger partial charge is 0.352 e. The summed E-state index contributed by atoms with van der Waals surface area (Å²) in [6.07, 6.45) is 1.76. The minimum atomic E-state index is 0.0454. The molecule has 0 aliphatic carbocycles. The average Bonchev–Trinajstić information content (AvgIpc) is 2.34. The maximum absolute atomic E-state index is 11.7. The van der Waals surface area contributed by atoms with E-state index in [4.69, 9.17) is 5.73 Å². The van der Waals surface area contributed by atoms with Gasteiger partial charge in [-0.1, -0.05) is 36.8 Å². The summed E-state index contributed by atoms with van der Waals surface area (Å²) in [6.45, 7) is 5.25. The summed E-state index contributed by atoms with van der Waals surface area (Å²) in [4.78, 5) is 11.7. The van der Waals surface area contributed by atoms with Crippen molar-refractivity contribution in [2.75, 3.05) is 6.54 Å². The first kappa shape index (κ1) is 13.7. The van der Waals surface area contributed by atoms with E-state index in [2.05, 4.69) is 24.4 Å². The SMILES string of the molecule is Cc1ccc(CNC(=O)C(C)CCCN)cc1. The third-order valence-corrected chi connectivity index (χ3v) is 2.88. The zero-order chi connectivity index (χ0) is 12.7. The lowest BCUT2D eigenvalue weighted by atomic mass is 10.0. The monoisotopic (exact) mass is 234 g/mol. The number of benzene rings is 1. The normalized spacial score (nSPS) is 12.2. The molecule has 1 atom stereocenters. The molecule has 0 aliphatic rings. The molecule has 0 aromatic heterocycles. The van der Waals surface area contributed by atoms with Crippen molar-refractivity contribution < 1.29 is 4.79 Å². The van der Waals surface area contributed by atoms with Gasteiger partial charge in [-0.2, -0.15) is 0 Å². The second kappa shape index (κ2) is 7.07. The van der Waals surface area contributed by atoms with Gasteiger partial charge in [0.15, 0.2) is 0 Å². The summed E-state index contributed by atoms with van der Waals surface area (Å²) in [5.74, 6) is 0.156. The standard InChI is InChI=1S/C14H22N2O/c1-11-5-7-13(8-6-11)10-16-14(17)12(2)4-3-9-15/h5-8,12H,3-4,9-10,15H2,1-2H3,(H,16,17). The summed E-state index contributed by atoms with van der Waals surface area (Å²) in [6, 6.07) is 8.19. The fraction of sp³-hybridized carbons (Fsp3) is 0.500. The topological polar surface area (TPSA) is 55.1 Å². The molecule has 0 radical (unpaired) electrons. The number of nitrogens with one attached hydrogen (secondary N) is 1. The van der Waals surface area contributed by atoms with Crippen LogP contribution in [0.2, 0.25) is 0 Å². The molecule has 1 unspecified atom stereocenters. The third kappa shape index (κ3) is 5.00. The van der Waals surface area contributed by atoms with Crippen molar-refractivity contribution in [3.63, 3.8) is 0 Å². The summed E-state index contributed by atoms with van der Waals surface area (Å²) >= 11 is 0. The average molecular weight is 234 g/mol. The summed E-state index contributed by atoms with van der Waals surface area (Å²) in [7, 11) is 0. The highest BCUT2D eigenvalue weighted by molar-refractivity contribution is 5.78. The van der Waals surface area contributed by atoms with Gasteiger partial charge in [0.25, 0.3) is 0 Å². The number of rotatable bonds is 6. The van der Waals surface area contributed by atoms with E-state index in [1.807, 2.05) is 19.1 Å². The summed E-state index contributed by atoms with van der Waals surface area (Å²) in [5.41, 5.74) is 7.79. The van der Waals surface area contributed by atoms with Gasteiger partial charge in [0, 0.05) is 12.5 Å². The fourth-order valence-corrected chi connectivity index (χ4v) is 1.62. The van der Waals surface area contributed by atoms with E-state index < -0.39 is 0 Å². The molecule has 0 bridgehead atoms. The highest BCUT2D eigenvalue weighted by Crippen LogP contribution is 2.06. The van der Waals surface area contributed by atoms with Crippen LogP contribution in [-0.2, 0) is 11.3 Å². The van der Waals surface area contributed by atoms with E-state index in [0.717, 1.165) is 18.4 Å². The first-order valence-electron chi connectivity index (χ1n) is 6.17. The van der Waals surface area contributed by atoms with Crippen LogP contribution >= 0.6 is 0 Å². The molecule has 1 amide bonds. The van der Waals surface area contributed by atoms with Crippen molar-refractivity contribution in [1.82, 2.24) is 5.32 Å². The zero-order valence-corrected chi connectivity index (χ0v) is 10.7. The second-order valence-electron chi connectivity index (χ2n) is 4.54. The summed E-state index contributed by atoms with van der Waals surface area (Å²) < 4.78 is 0. The molecule has 0 spiro atoms. The predicted octanol–water partition coefficient (Wildman–Crippen LogP) is 1.99. The maximum Gasteiger partial charge on any atom is 0.223 e. The third-order valence-electron chi connectivity index (χ3n) is 2.88. The molecule has 1 rings (SSSR count). The van der Waals surface area contributed by atoms with Gasteiger partial charge in [-0.25, -0.2) is 0 Å². The van der Waals surface area contributed by atoms with Crippen LogP contribution in [-0.4, -0.2) is 12.5 Å². The minimum absolute atomic E-state index is 0.0454. The van der Waals surface area contributed by atoms with Crippen molar-refractivity contribution in [3.8, 4) is 0 Å². The summed E-state index contributed by atoms with van der Waals surface area (Å²) in [5, 5.41) is 2.95. The maximum atomic E-state index is 11.7. The highest BCUT2D eigenvalue weighted by atomic mass is 16.1. The first-order chi connectivity index (χ1) is 8.13. The number of nitrogens with two attached hydrogens (primary N) is 1. The van der Waals surface area contributed by atoms with Crippen molar-refractivity contribution in [2.45, 2.75) is 33.2 Å². The van der Waals surface area contributed by atoms with Crippen molar-refractivity contribution >= 4 is 5.91 Å². The minimum Gasteiger partial charge on any atom is -0.352 e. The van der Waals surface area contributed by atoms with Crippen molar-refractivity contribution in [3.05, 3.63) is 35.4 Å². The Morgan fingerprint density at radius 3 is 2.59 bits per heavy atom. The van der Waals surface area contributed by atoms with Gasteiger partial charge in [0.2, 0.25) is 5.91 Å². The number of carbonyl (C=O) groups is 1. The zero-order valence-electron chi connectivity index (χ0n) is 10.7. The van der Waals surface area contributed by atoms with E-state index in [1.54, 1.807) is 0 Å². The van der Waals surface area contributed by atoms with Crippen LogP contribution in [0.1, 0.15) is 30.9 Å². The van der Waals surface area contributed by atoms with Gasteiger partial charge < -0.3 is 11.1 Å². The Morgan fingerprint density at radius 2 is 2.00 bits per heavy atom. The molecule has 3 N–H and O–H groups in total. The van der Waals surface area contributed by atoms with E-state index in [1.165, 1.54) is 5.56 Å². The van der Waals surface area contributed by atoms with Crippen LogP contribution in [0.15, 0.2) is 24.3 Å². The predicted molar refractivity (Wildman–Crippen MR) is 70.5 cm³/mol. The van der Waals surface area contributed by atoms with Crippen LogP contribution in [0.25, 0.3) is 0 Å². The second-order valence-corrected chi connectivity index (χ2v) is 4.54. The number of amides is 1. The molecule has 0 fully saturated rings. The lowest BCUT2D eigenvalue weighted by Crippen LogP contribution is -2.29.